The fourth-order valence-corrected chi connectivity index (χ4v) is 4.33. The summed E-state index contributed by atoms with van der Waals surface area (Å²) in [6.45, 7) is 0.528. The van der Waals surface area contributed by atoms with Crippen molar-refractivity contribution in [2.24, 2.45) is 0 Å². The van der Waals surface area contributed by atoms with Crippen LogP contribution in [0.1, 0.15) is 5.56 Å². The third-order valence-electron chi connectivity index (χ3n) is 5.65. The number of rotatable bonds is 10. The van der Waals surface area contributed by atoms with Gasteiger partial charge in [0, 0.05) is 17.3 Å². The first-order valence-electron chi connectivity index (χ1n) is 11.8. The van der Waals surface area contributed by atoms with E-state index < -0.39 is 0 Å². The van der Waals surface area contributed by atoms with Crippen LogP contribution in [0, 0.1) is 0 Å². The van der Waals surface area contributed by atoms with Crippen LogP contribution in [0.5, 0.6) is 11.5 Å². The summed E-state index contributed by atoms with van der Waals surface area (Å²) >= 11 is 1.16. The molecule has 9 nitrogen and oxygen atoms in total. The molecule has 3 aromatic carbocycles. The molecule has 0 radical (unpaired) electrons. The summed E-state index contributed by atoms with van der Waals surface area (Å²) in [7, 11) is 3.21. The lowest BCUT2D eigenvalue weighted by molar-refractivity contribution is -0.113. The number of hydrogen-bond donors (Lipinski definition) is 1. The van der Waals surface area contributed by atoms with Gasteiger partial charge in [-0.3, -0.25) is 9.48 Å². The van der Waals surface area contributed by atoms with Crippen LogP contribution in [0.2, 0.25) is 0 Å². The standard InChI is InChI=1S/C28H25N5O4S/c1-35-22-13-11-20(12-14-22)24-16-25(33(32-24)17-19-7-4-3-5-8-19)27-30-31-28(37-27)38-18-26(34)29-21-9-6-10-23(15-21)36-2/h3-16H,17-18H2,1-2H3,(H,29,34). The van der Waals surface area contributed by atoms with Crippen molar-refractivity contribution in [2.45, 2.75) is 11.8 Å². The fraction of sp³-hybridized carbons (Fsp3) is 0.143. The molecule has 0 unspecified atom stereocenters. The number of carbonyl (C=O) groups excluding carboxylic acids is 1. The van der Waals surface area contributed by atoms with Crippen LogP contribution in [0.15, 0.2) is 94.6 Å². The van der Waals surface area contributed by atoms with Gasteiger partial charge in [-0.05, 0) is 48.0 Å². The highest BCUT2D eigenvalue weighted by molar-refractivity contribution is 7.99. The zero-order chi connectivity index (χ0) is 26.3. The fourth-order valence-electron chi connectivity index (χ4n) is 3.77. The highest BCUT2D eigenvalue weighted by Gasteiger charge is 2.18. The molecule has 5 rings (SSSR count). The van der Waals surface area contributed by atoms with Crippen molar-refractivity contribution in [1.29, 1.82) is 0 Å². The second-order valence-electron chi connectivity index (χ2n) is 8.23. The van der Waals surface area contributed by atoms with Crippen molar-refractivity contribution in [2.75, 3.05) is 25.3 Å². The number of nitrogens with one attached hydrogen (secondary N) is 1. The molecule has 10 heteroatoms. The lowest BCUT2D eigenvalue weighted by Crippen LogP contribution is -2.13. The highest BCUT2D eigenvalue weighted by atomic mass is 32.2. The predicted molar refractivity (Wildman–Crippen MR) is 145 cm³/mol. The maximum absolute atomic E-state index is 12.4. The Morgan fingerprint density at radius 2 is 1.71 bits per heavy atom. The van der Waals surface area contributed by atoms with Gasteiger partial charge in [0.15, 0.2) is 0 Å². The van der Waals surface area contributed by atoms with E-state index in [2.05, 4.69) is 15.5 Å². The number of benzene rings is 3. The van der Waals surface area contributed by atoms with Gasteiger partial charge in [0.05, 0.1) is 32.2 Å². The molecule has 0 bridgehead atoms. The van der Waals surface area contributed by atoms with Gasteiger partial charge in [-0.15, -0.1) is 10.2 Å². The van der Waals surface area contributed by atoms with Gasteiger partial charge in [0.2, 0.25) is 5.91 Å². The Bertz CT molecular complexity index is 1520. The smallest absolute Gasteiger partial charge is 0.277 e. The Hall–Kier alpha value is -4.57. The Balaban J connectivity index is 1.34. The van der Waals surface area contributed by atoms with Gasteiger partial charge in [-0.2, -0.15) is 5.10 Å². The number of aromatic nitrogens is 4. The Morgan fingerprint density at radius 1 is 0.921 bits per heavy atom. The maximum atomic E-state index is 12.4. The normalized spacial score (nSPS) is 10.8. The van der Waals surface area contributed by atoms with Gasteiger partial charge in [0.25, 0.3) is 11.1 Å². The van der Waals surface area contributed by atoms with Gasteiger partial charge >= 0.3 is 0 Å². The lowest BCUT2D eigenvalue weighted by atomic mass is 10.1. The third kappa shape index (κ3) is 6.04. The van der Waals surface area contributed by atoms with Crippen molar-refractivity contribution in [3.63, 3.8) is 0 Å². The summed E-state index contributed by atoms with van der Waals surface area (Å²) in [5.41, 5.74) is 4.11. The number of thioether (sulfide) groups is 1. The molecule has 0 saturated heterocycles. The predicted octanol–water partition coefficient (Wildman–Crippen LogP) is 5.40. The molecular formula is C28H25N5O4S. The molecule has 2 aromatic heterocycles. The number of anilines is 1. The zero-order valence-corrected chi connectivity index (χ0v) is 21.6. The molecule has 192 valence electrons. The quantitative estimate of drug-likeness (QED) is 0.241. The van der Waals surface area contributed by atoms with Gasteiger partial charge in [0.1, 0.15) is 17.2 Å². The Morgan fingerprint density at radius 3 is 2.47 bits per heavy atom. The van der Waals surface area contributed by atoms with E-state index in [1.165, 1.54) is 0 Å². The molecule has 1 N–H and O–H groups in total. The topological polar surface area (TPSA) is 104 Å². The Labute approximate surface area is 223 Å². The molecule has 5 aromatic rings. The van der Waals surface area contributed by atoms with Crippen LogP contribution in [0.4, 0.5) is 5.69 Å². The lowest BCUT2D eigenvalue weighted by Gasteiger charge is -2.06. The minimum atomic E-state index is -0.195. The number of nitrogens with zero attached hydrogens (tertiary/aromatic N) is 4. The molecule has 0 fully saturated rings. The summed E-state index contributed by atoms with van der Waals surface area (Å²) in [6.07, 6.45) is 0. The average molecular weight is 528 g/mol. The number of methoxy groups -OCH3 is 2. The van der Waals surface area contributed by atoms with Crippen molar-refractivity contribution in [3.05, 3.63) is 90.5 Å². The molecule has 0 aliphatic rings. The number of amides is 1. The number of hydrogen-bond acceptors (Lipinski definition) is 8. The highest BCUT2D eigenvalue weighted by Crippen LogP contribution is 2.29. The van der Waals surface area contributed by atoms with Gasteiger partial charge in [-0.25, -0.2) is 0 Å². The summed E-state index contributed by atoms with van der Waals surface area (Å²) < 4.78 is 18.2. The van der Waals surface area contributed by atoms with Crippen molar-refractivity contribution < 1.29 is 18.7 Å². The van der Waals surface area contributed by atoms with Crippen molar-refractivity contribution in [1.82, 2.24) is 20.0 Å². The summed E-state index contributed by atoms with van der Waals surface area (Å²) in [4.78, 5) is 12.4. The molecule has 1 amide bonds. The number of carbonyl (C=O) groups is 1. The zero-order valence-electron chi connectivity index (χ0n) is 20.8. The van der Waals surface area contributed by atoms with E-state index in [1.807, 2.05) is 77.5 Å². The molecule has 0 spiro atoms. The third-order valence-corrected chi connectivity index (χ3v) is 6.47. The first kappa shape index (κ1) is 25.1. The molecule has 0 aliphatic carbocycles. The van der Waals surface area contributed by atoms with Gasteiger partial charge in [-0.1, -0.05) is 48.2 Å². The van der Waals surface area contributed by atoms with Crippen molar-refractivity contribution in [3.8, 4) is 34.3 Å². The van der Waals surface area contributed by atoms with E-state index >= 15 is 0 Å². The van der Waals surface area contributed by atoms with E-state index in [0.29, 0.717) is 34.8 Å². The average Bonchev–Trinajstić information content (AvgIpc) is 3.60. The second kappa shape index (κ2) is 11.7. The summed E-state index contributed by atoms with van der Waals surface area (Å²) in [6, 6.07) is 26.8. The van der Waals surface area contributed by atoms with E-state index in [4.69, 9.17) is 19.0 Å². The Kier molecular flexibility index (Phi) is 7.70. The summed E-state index contributed by atoms with van der Waals surface area (Å²) in [5.74, 6) is 1.67. The first-order chi connectivity index (χ1) is 18.6. The van der Waals surface area contributed by atoms with Crippen LogP contribution >= 0.6 is 11.8 Å². The van der Waals surface area contributed by atoms with Crippen LogP contribution < -0.4 is 14.8 Å². The van der Waals surface area contributed by atoms with E-state index in [0.717, 1.165) is 34.3 Å². The second-order valence-corrected chi connectivity index (χ2v) is 9.16. The van der Waals surface area contributed by atoms with E-state index in [1.54, 1.807) is 26.4 Å². The summed E-state index contributed by atoms with van der Waals surface area (Å²) in [5, 5.41) is 16.3. The molecular weight excluding hydrogens is 502 g/mol. The van der Waals surface area contributed by atoms with Gasteiger partial charge < -0.3 is 19.2 Å². The van der Waals surface area contributed by atoms with Crippen molar-refractivity contribution >= 4 is 23.4 Å². The van der Waals surface area contributed by atoms with Crippen LogP contribution in [0.3, 0.4) is 0 Å². The molecule has 0 atom stereocenters. The first-order valence-corrected chi connectivity index (χ1v) is 12.8. The van der Waals surface area contributed by atoms with E-state index in [9.17, 15) is 4.79 Å². The molecule has 38 heavy (non-hydrogen) atoms. The van der Waals surface area contributed by atoms with Crippen LogP contribution in [-0.2, 0) is 11.3 Å². The largest absolute Gasteiger partial charge is 0.497 e. The minimum Gasteiger partial charge on any atom is -0.497 e. The molecule has 2 heterocycles. The monoisotopic (exact) mass is 527 g/mol. The van der Waals surface area contributed by atoms with Crippen LogP contribution in [0.25, 0.3) is 22.8 Å². The molecule has 0 aliphatic heterocycles. The maximum Gasteiger partial charge on any atom is 0.277 e. The minimum absolute atomic E-state index is 0.110. The van der Waals surface area contributed by atoms with Crippen LogP contribution in [-0.4, -0.2) is 45.9 Å². The number of ether oxygens (including phenoxy) is 2. The van der Waals surface area contributed by atoms with E-state index in [-0.39, 0.29) is 11.7 Å². The molecule has 0 saturated carbocycles. The SMILES string of the molecule is COc1ccc(-c2cc(-c3nnc(SCC(=O)Nc4cccc(OC)c4)o3)n(Cc3ccccc3)n2)cc1.